The lowest BCUT2D eigenvalue weighted by molar-refractivity contribution is 0.521. The van der Waals surface area contributed by atoms with Gasteiger partial charge in [-0.15, -0.1) is 0 Å². The Bertz CT molecular complexity index is 331. The van der Waals surface area contributed by atoms with Crippen molar-refractivity contribution in [2.75, 3.05) is 0 Å². The molecule has 2 atom stereocenters. The Hall–Kier alpha value is 0.788. The zero-order valence-electron chi connectivity index (χ0n) is 17.1. The van der Waals surface area contributed by atoms with Gasteiger partial charge < -0.3 is 8.23 Å². The minimum atomic E-state index is -1.51. The van der Waals surface area contributed by atoms with Crippen molar-refractivity contribution >= 4 is 33.3 Å². The molecule has 0 aliphatic heterocycles. The van der Waals surface area contributed by atoms with Crippen molar-refractivity contribution in [3.63, 3.8) is 0 Å². The van der Waals surface area contributed by atoms with Gasteiger partial charge in [-0.3, -0.25) is 0 Å². The van der Waals surface area contributed by atoms with E-state index in [-0.39, 0.29) is 0 Å². The van der Waals surface area contributed by atoms with Gasteiger partial charge in [0.1, 0.15) is 0 Å². The van der Waals surface area contributed by atoms with Crippen LogP contribution in [0.1, 0.15) is 27.2 Å². The van der Waals surface area contributed by atoms with Crippen LogP contribution in [0.5, 0.6) is 0 Å². The zero-order chi connectivity index (χ0) is 17.7. The molecule has 0 aromatic rings. The maximum atomic E-state index is 6.73. The highest BCUT2D eigenvalue weighted by atomic mass is 28.4. The summed E-state index contributed by atoms with van der Waals surface area (Å²) in [5, 5.41) is 0. The Balaban J connectivity index is 4.62. The minimum absolute atomic E-state index is 1.23. The van der Waals surface area contributed by atoms with E-state index in [1.165, 1.54) is 36.6 Å². The molecule has 2 unspecified atom stereocenters. The van der Waals surface area contributed by atoms with Gasteiger partial charge in [0, 0.05) is 0 Å². The monoisotopic (exact) mass is 378 g/mol. The molecular formula is C16H42O2Si4. The van der Waals surface area contributed by atoms with E-state index in [0.717, 1.165) is 0 Å². The van der Waals surface area contributed by atoms with Crippen LogP contribution in [0.3, 0.4) is 0 Å². The average Bonchev–Trinajstić information content (AvgIpc) is 2.36. The molecule has 134 valence electrons. The van der Waals surface area contributed by atoms with Crippen molar-refractivity contribution in [3.8, 4) is 0 Å². The van der Waals surface area contributed by atoms with E-state index in [4.69, 9.17) is 8.23 Å². The average molecular weight is 379 g/mol. The lowest BCUT2D eigenvalue weighted by Gasteiger charge is -2.37. The molecule has 0 saturated heterocycles. The Morgan fingerprint density at radius 2 is 1.00 bits per heavy atom. The summed E-state index contributed by atoms with van der Waals surface area (Å²) in [6, 6.07) is 6.36. The molecule has 0 aliphatic carbocycles. The molecule has 0 spiro atoms. The van der Waals surface area contributed by atoms with Gasteiger partial charge in [0.05, 0.1) is 0 Å². The molecule has 6 heteroatoms. The molecule has 22 heavy (non-hydrogen) atoms. The van der Waals surface area contributed by atoms with E-state index < -0.39 is 33.3 Å². The van der Waals surface area contributed by atoms with Crippen LogP contribution in [0.4, 0.5) is 0 Å². The standard InChI is InChI=1S/C16H42O2Si4/c1-11-20(7,8)18-22(10,13-3)16-14-15-21(9,12-2)17-19(4,5)6/h11-16H2,1-10H3. The fourth-order valence-electron chi connectivity index (χ4n) is 2.91. The highest BCUT2D eigenvalue weighted by Crippen LogP contribution is 2.30. The van der Waals surface area contributed by atoms with Crippen molar-refractivity contribution in [3.05, 3.63) is 0 Å². The molecule has 0 amide bonds. The quantitative estimate of drug-likeness (QED) is 0.374. The van der Waals surface area contributed by atoms with Crippen LogP contribution >= 0.6 is 0 Å². The summed E-state index contributed by atoms with van der Waals surface area (Å²) in [5.41, 5.74) is 0. The van der Waals surface area contributed by atoms with Gasteiger partial charge in [-0.25, -0.2) is 0 Å². The number of hydrogen-bond acceptors (Lipinski definition) is 2. The van der Waals surface area contributed by atoms with Gasteiger partial charge >= 0.3 is 0 Å². The number of rotatable bonds is 11. The van der Waals surface area contributed by atoms with E-state index in [9.17, 15) is 0 Å². The first-order valence-electron chi connectivity index (χ1n) is 9.21. The largest absolute Gasteiger partial charge is 0.456 e. The lowest BCUT2D eigenvalue weighted by Crippen LogP contribution is -2.47. The van der Waals surface area contributed by atoms with E-state index in [2.05, 4.69) is 66.6 Å². The predicted octanol–water partition coefficient (Wildman–Crippen LogP) is 6.66. The summed E-state index contributed by atoms with van der Waals surface area (Å²) in [6.07, 6.45) is 1.31. The van der Waals surface area contributed by atoms with E-state index in [0.29, 0.717) is 0 Å². The molecule has 0 radical (unpaired) electrons. The van der Waals surface area contributed by atoms with Crippen molar-refractivity contribution in [2.45, 2.75) is 103 Å². The van der Waals surface area contributed by atoms with Crippen molar-refractivity contribution in [1.29, 1.82) is 0 Å². The molecule has 0 aliphatic rings. The number of hydrogen-bond donors (Lipinski definition) is 0. The van der Waals surface area contributed by atoms with Gasteiger partial charge in [0.25, 0.3) is 0 Å². The van der Waals surface area contributed by atoms with E-state index in [1.807, 2.05) is 0 Å². The van der Waals surface area contributed by atoms with Crippen molar-refractivity contribution in [1.82, 2.24) is 0 Å². The minimum Gasteiger partial charge on any atom is -0.456 e. The highest BCUT2D eigenvalue weighted by molar-refractivity contribution is 6.86. The van der Waals surface area contributed by atoms with E-state index in [1.54, 1.807) is 0 Å². The van der Waals surface area contributed by atoms with Gasteiger partial charge in [-0.05, 0) is 76.0 Å². The SMILES string of the molecule is CC[Si](C)(C)O[Si](C)(CC)CCC[Si](C)(CC)O[Si](C)(C)C. The third kappa shape index (κ3) is 9.17. The van der Waals surface area contributed by atoms with Gasteiger partial charge in [0.2, 0.25) is 0 Å². The van der Waals surface area contributed by atoms with Crippen molar-refractivity contribution < 1.29 is 8.23 Å². The highest BCUT2D eigenvalue weighted by Gasteiger charge is 2.36. The van der Waals surface area contributed by atoms with Gasteiger partial charge in [0.15, 0.2) is 33.3 Å². The third-order valence-corrected chi connectivity index (χ3v) is 21.0. The Kier molecular flexibility index (Phi) is 9.07. The summed E-state index contributed by atoms with van der Waals surface area (Å²) in [6.45, 7) is 23.6. The fourth-order valence-corrected chi connectivity index (χ4v) is 19.6. The molecule has 0 N–H and O–H groups in total. The second kappa shape index (κ2) is 8.76. The summed E-state index contributed by atoms with van der Waals surface area (Å²) in [7, 11) is -5.85. The van der Waals surface area contributed by atoms with Crippen LogP contribution in [-0.4, -0.2) is 33.3 Å². The lowest BCUT2D eigenvalue weighted by atomic mass is 10.6. The molecule has 0 saturated carbocycles. The first kappa shape index (κ1) is 22.8. The summed E-state index contributed by atoms with van der Waals surface area (Å²) >= 11 is 0. The first-order chi connectivity index (χ1) is 9.80. The third-order valence-electron chi connectivity index (χ3n) is 4.83. The molecule has 0 aromatic heterocycles. The van der Waals surface area contributed by atoms with Gasteiger partial charge in [-0.2, -0.15) is 0 Å². The smallest absolute Gasteiger partial charge is 0.176 e. The summed E-state index contributed by atoms with van der Waals surface area (Å²) in [5.74, 6) is 0. The second-order valence-corrected chi connectivity index (χ2v) is 27.2. The Morgan fingerprint density at radius 3 is 1.32 bits per heavy atom. The van der Waals surface area contributed by atoms with Crippen LogP contribution in [0.2, 0.25) is 76.0 Å². The zero-order valence-corrected chi connectivity index (χ0v) is 21.1. The maximum absolute atomic E-state index is 6.73. The Labute approximate surface area is 144 Å². The Morgan fingerprint density at radius 1 is 0.591 bits per heavy atom. The fraction of sp³-hybridized carbons (Fsp3) is 1.00. The topological polar surface area (TPSA) is 18.5 Å². The molecule has 0 heterocycles. The van der Waals surface area contributed by atoms with Gasteiger partial charge in [-0.1, -0.05) is 27.2 Å². The van der Waals surface area contributed by atoms with Crippen LogP contribution in [0.25, 0.3) is 0 Å². The predicted molar refractivity (Wildman–Crippen MR) is 112 cm³/mol. The molecule has 0 bridgehead atoms. The first-order valence-corrected chi connectivity index (χ1v) is 21.4. The molecule has 0 rings (SSSR count). The molecule has 0 aromatic carbocycles. The van der Waals surface area contributed by atoms with Crippen molar-refractivity contribution in [2.24, 2.45) is 0 Å². The van der Waals surface area contributed by atoms with E-state index >= 15 is 0 Å². The van der Waals surface area contributed by atoms with Crippen LogP contribution in [-0.2, 0) is 8.23 Å². The van der Waals surface area contributed by atoms with Crippen LogP contribution in [0, 0.1) is 0 Å². The molecule has 2 nitrogen and oxygen atoms in total. The molecule has 0 fully saturated rings. The maximum Gasteiger partial charge on any atom is 0.176 e. The molecular weight excluding hydrogens is 337 g/mol. The van der Waals surface area contributed by atoms with Crippen LogP contribution in [0.15, 0.2) is 0 Å². The second-order valence-electron chi connectivity index (χ2n) is 8.89. The summed E-state index contributed by atoms with van der Waals surface area (Å²) in [4.78, 5) is 0. The van der Waals surface area contributed by atoms with Crippen LogP contribution < -0.4 is 0 Å². The summed E-state index contributed by atoms with van der Waals surface area (Å²) < 4.78 is 13.3. The normalized spacial score (nSPS) is 18.8.